The predicted octanol–water partition coefficient (Wildman–Crippen LogP) is 2.86. The van der Waals surface area contributed by atoms with Crippen LogP contribution in [0.15, 0.2) is 0 Å². The minimum absolute atomic E-state index is 0.0707. The van der Waals surface area contributed by atoms with E-state index in [-0.39, 0.29) is 17.9 Å². The molecule has 1 aliphatic carbocycles. The summed E-state index contributed by atoms with van der Waals surface area (Å²) in [7, 11) is 0. The van der Waals surface area contributed by atoms with Gasteiger partial charge in [0.1, 0.15) is 11.6 Å². The van der Waals surface area contributed by atoms with Crippen LogP contribution in [-0.4, -0.2) is 34.8 Å². The van der Waals surface area contributed by atoms with Crippen molar-refractivity contribution in [3.8, 4) is 0 Å². The Morgan fingerprint density at radius 2 is 1.90 bits per heavy atom. The summed E-state index contributed by atoms with van der Waals surface area (Å²) >= 11 is 0. The first-order valence-corrected chi connectivity index (χ1v) is 8.63. The molecule has 1 saturated heterocycles. The lowest BCUT2D eigenvalue weighted by Crippen LogP contribution is -2.71. The average molecular weight is 294 g/mol. The van der Waals surface area contributed by atoms with Gasteiger partial charge >= 0.3 is 0 Å². The Morgan fingerprint density at radius 1 is 1.24 bits per heavy atom. The van der Waals surface area contributed by atoms with E-state index in [1.54, 1.807) is 0 Å². The molecule has 4 heteroatoms. The van der Waals surface area contributed by atoms with E-state index in [1.807, 2.05) is 4.90 Å². The molecule has 1 spiro atoms. The summed E-state index contributed by atoms with van der Waals surface area (Å²) in [5.41, 5.74) is -0.587. The fourth-order valence-corrected chi connectivity index (χ4v) is 3.69. The van der Waals surface area contributed by atoms with E-state index in [4.69, 9.17) is 0 Å². The van der Waals surface area contributed by atoms with Gasteiger partial charge in [0.2, 0.25) is 11.8 Å². The van der Waals surface area contributed by atoms with Gasteiger partial charge in [-0.3, -0.25) is 9.59 Å². The molecule has 1 unspecified atom stereocenters. The van der Waals surface area contributed by atoms with Gasteiger partial charge in [-0.25, -0.2) is 0 Å². The molecule has 120 valence electrons. The molecule has 1 atom stereocenters. The van der Waals surface area contributed by atoms with Crippen LogP contribution in [0.5, 0.6) is 0 Å². The molecular formula is C17H30N2O2. The topological polar surface area (TPSA) is 49.4 Å². The van der Waals surface area contributed by atoms with Gasteiger partial charge in [0, 0.05) is 6.54 Å². The molecule has 1 saturated carbocycles. The van der Waals surface area contributed by atoms with Crippen LogP contribution in [0.3, 0.4) is 0 Å². The third-order valence-corrected chi connectivity index (χ3v) is 4.87. The Morgan fingerprint density at radius 3 is 2.48 bits per heavy atom. The Bertz CT molecular complexity index is 386. The van der Waals surface area contributed by atoms with E-state index in [9.17, 15) is 9.59 Å². The maximum Gasteiger partial charge on any atom is 0.249 e. The number of carbonyl (C=O) groups excluding carboxylic acids is 2. The average Bonchev–Trinajstić information content (AvgIpc) is 2.45. The summed E-state index contributed by atoms with van der Waals surface area (Å²) in [6.45, 7) is 7.08. The van der Waals surface area contributed by atoms with Crippen LogP contribution >= 0.6 is 0 Å². The lowest BCUT2D eigenvalue weighted by Gasteiger charge is -2.48. The molecule has 0 aromatic rings. The van der Waals surface area contributed by atoms with E-state index in [0.29, 0.717) is 5.92 Å². The number of amides is 2. The van der Waals surface area contributed by atoms with E-state index < -0.39 is 5.54 Å². The first kappa shape index (κ1) is 16.3. The first-order chi connectivity index (χ1) is 10.00. The van der Waals surface area contributed by atoms with E-state index >= 15 is 0 Å². The van der Waals surface area contributed by atoms with Gasteiger partial charge in [-0.15, -0.1) is 0 Å². The van der Waals surface area contributed by atoms with Crippen LogP contribution in [0.25, 0.3) is 0 Å². The normalized spacial score (nSPS) is 25.5. The highest BCUT2D eigenvalue weighted by Gasteiger charge is 2.50. The zero-order chi connectivity index (χ0) is 15.5. The number of rotatable bonds is 5. The van der Waals surface area contributed by atoms with Crippen LogP contribution in [0, 0.1) is 5.92 Å². The molecular weight excluding hydrogens is 264 g/mol. The molecule has 0 aromatic carbocycles. The zero-order valence-electron chi connectivity index (χ0n) is 13.8. The summed E-state index contributed by atoms with van der Waals surface area (Å²) in [6.07, 6.45) is 7.68. The van der Waals surface area contributed by atoms with E-state index in [1.165, 1.54) is 6.42 Å². The number of hydrogen-bond donors (Lipinski definition) is 1. The third-order valence-electron chi connectivity index (χ3n) is 4.87. The SMILES string of the molecule is CCCCN1C(=O)C2(CCCCC2)NC(=O)C1CC(C)C. The number of hydrogen-bond acceptors (Lipinski definition) is 2. The molecule has 2 fully saturated rings. The van der Waals surface area contributed by atoms with Crippen molar-refractivity contribution in [3.05, 3.63) is 0 Å². The summed E-state index contributed by atoms with van der Waals surface area (Å²) < 4.78 is 0. The summed E-state index contributed by atoms with van der Waals surface area (Å²) in [6, 6.07) is -0.267. The van der Waals surface area contributed by atoms with Gasteiger partial charge in [0.25, 0.3) is 0 Å². The van der Waals surface area contributed by atoms with Crippen molar-refractivity contribution in [2.24, 2.45) is 5.92 Å². The van der Waals surface area contributed by atoms with Gasteiger partial charge in [-0.05, 0) is 31.6 Å². The monoisotopic (exact) mass is 294 g/mol. The van der Waals surface area contributed by atoms with Crippen LogP contribution < -0.4 is 5.32 Å². The van der Waals surface area contributed by atoms with Crippen LogP contribution in [-0.2, 0) is 9.59 Å². The number of nitrogens with one attached hydrogen (secondary N) is 1. The molecule has 2 amide bonds. The molecule has 0 radical (unpaired) electrons. The standard InChI is InChI=1S/C17H30N2O2/c1-4-5-11-19-14(12-13(2)3)15(20)18-17(16(19)21)9-7-6-8-10-17/h13-14H,4-12H2,1-3H3,(H,18,20). The molecule has 4 nitrogen and oxygen atoms in total. The van der Waals surface area contributed by atoms with Gasteiger partial charge in [-0.2, -0.15) is 0 Å². The first-order valence-electron chi connectivity index (χ1n) is 8.63. The van der Waals surface area contributed by atoms with Gasteiger partial charge in [0.05, 0.1) is 0 Å². The van der Waals surface area contributed by atoms with Crippen molar-refractivity contribution >= 4 is 11.8 Å². The Balaban J connectivity index is 2.21. The number of carbonyl (C=O) groups is 2. The third kappa shape index (κ3) is 3.41. The minimum atomic E-state index is -0.587. The molecule has 2 rings (SSSR count). The van der Waals surface area contributed by atoms with Gasteiger partial charge in [0.15, 0.2) is 0 Å². The quantitative estimate of drug-likeness (QED) is 0.847. The molecule has 1 heterocycles. The van der Waals surface area contributed by atoms with Crippen LogP contribution in [0.1, 0.15) is 72.1 Å². The summed E-state index contributed by atoms with van der Waals surface area (Å²) in [5, 5.41) is 3.11. The molecule has 1 aliphatic heterocycles. The highest BCUT2D eigenvalue weighted by atomic mass is 16.2. The number of nitrogens with zero attached hydrogens (tertiary/aromatic N) is 1. The van der Waals surface area contributed by atoms with Gasteiger partial charge < -0.3 is 10.2 Å². The molecule has 1 N–H and O–H groups in total. The lowest BCUT2D eigenvalue weighted by atomic mass is 9.78. The summed E-state index contributed by atoms with van der Waals surface area (Å²) in [4.78, 5) is 27.6. The summed E-state index contributed by atoms with van der Waals surface area (Å²) in [5.74, 6) is 0.667. The second-order valence-corrected chi connectivity index (χ2v) is 7.13. The van der Waals surface area contributed by atoms with E-state index in [0.717, 1.165) is 51.5 Å². The number of piperazine rings is 1. The maximum absolute atomic E-state index is 13.1. The highest BCUT2D eigenvalue weighted by Crippen LogP contribution is 2.34. The Labute approximate surface area is 128 Å². The van der Waals surface area contributed by atoms with Crippen LogP contribution in [0.2, 0.25) is 0 Å². The molecule has 2 aliphatic rings. The fraction of sp³-hybridized carbons (Fsp3) is 0.882. The number of unbranched alkanes of at least 4 members (excludes halogenated alkanes) is 1. The van der Waals surface area contributed by atoms with Crippen molar-refractivity contribution in [3.63, 3.8) is 0 Å². The predicted molar refractivity (Wildman–Crippen MR) is 83.8 cm³/mol. The van der Waals surface area contributed by atoms with Gasteiger partial charge in [-0.1, -0.05) is 46.5 Å². The second-order valence-electron chi connectivity index (χ2n) is 7.13. The molecule has 0 bridgehead atoms. The fourth-order valence-electron chi connectivity index (χ4n) is 3.69. The lowest BCUT2D eigenvalue weighted by molar-refractivity contribution is -0.157. The Kier molecular flexibility index (Phi) is 5.28. The van der Waals surface area contributed by atoms with E-state index in [2.05, 4.69) is 26.1 Å². The highest BCUT2D eigenvalue weighted by molar-refractivity contribution is 5.99. The second kappa shape index (κ2) is 6.80. The largest absolute Gasteiger partial charge is 0.340 e. The minimum Gasteiger partial charge on any atom is -0.340 e. The van der Waals surface area contributed by atoms with Crippen LogP contribution in [0.4, 0.5) is 0 Å². The van der Waals surface area contributed by atoms with Crippen molar-refractivity contribution in [1.29, 1.82) is 0 Å². The molecule has 21 heavy (non-hydrogen) atoms. The Hall–Kier alpha value is -1.06. The zero-order valence-corrected chi connectivity index (χ0v) is 13.8. The maximum atomic E-state index is 13.1. The smallest absolute Gasteiger partial charge is 0.249 e. The molecule has 0 aromatic heterocycles. The van der Waals surface area contributed by atoms with Crippen molar-refractivity contribution < 1.29 is 9.59 Å². The van der Waals surface area contributed by atoms with Crippen molar-refractivity contribution in [1.82, 2.24) is 10.2 Å². The van der Waals surface area contributed by atoms with Crippen molar-refractivity contribution in [2.45, 2.75) is 83.7 Å². The van der Waals surface area contributed by atoms with Crippen molar-refractivity contribution in [2.75, 3.05) is 6.54 Å².